The van der Waals surface area contributed by atoms with E-state index in [0.717, 1.165) is 22.6 Å². The molecule has 0 unspecified atom stereocenters. The highest BCUT2D eigenvalue weighted by Gasteiger charge is 2.05. The van der Waals surface area contributed by atoms with E-state index in [1.165, 1.54) is 5.56 Å². The largest absolute Gasteiger partial charge is 0.497 e. The molecule has 0 aliphatic carbocycles. The minimum Gasteiger partial charge on any atom is -0.497 e. The van der Waals surface area contributed by atoms with E-state index in [0.29, 0.717) is 12.8 Å². The Hall–Kier alpha value is -2.59. The Morgan fingerprint density at radius 2 is 1.96 bits per heavy atom. The summed E-state index contributed by atoms with van der Waals surface area (Å²) in [6.07, 6.45) is 1.13. The smallest absolute Gasteiger partial charge is 0.224 e. The summed E-state index contributed by atoms with van der Waals surface area (Å²) in [6, 6.07) is 17.8. The fourth-order valence-electron chi connectivity index (χ4n) is 2.51. The van der Waals surface area contributed by atoms with Crippen molar-refractivity contribution in [1.29, 1.82) is 0 Å². The van der Waals surface area contributed by atoms with Crippen LogP contribution in [-0.2, 0) is 11.2 Å². The van der Waals surface area contributed by atoms with E-state index >= 15 is 0 Å². The summed E-state index contributed by atoms with van der Waals surface area (Å²) >= 11 is 1.67. The molecule has 1 N–H and O–H groups in total. The maximum absolute atomic E-state index is 12.2. The van der Waals surface area contributed by atoms with E-state index in [4.69, 9.17) is 4.74 Å². The number of anilines is 1. The number of hydrogen-bond donors (Lipinski definition) is 1. The Labute approximate surface area is 145 Å². The highest BCUT2D eigenvalue weighted by molar-refractivity contribution is 7.08. The summed E-state index contributed by atoms with van der Waals surface area (Å²) in [5.41, 5.74) is 4.21. The molecule has 24 heavy (non-hydrogen) atoms. The molecule has 0 aliphatic heterocycles. The zero-order valence-electron chi connectivity index (χ0n) is 13.5. The normalized spacial score (nSPS) is 10.4. The third-order valence-electron chi connectivity index (χ3n) is 3.78. The lowest BCUT2D eigenvalue weighted by atomic mass is 10.1. The number of carbonyl (C=O) groups is 1. The van der Waals surface area contributed by atoms with Crippen molar-refractivity contribution in [2.75, 3.05) is 12.4 Å². The molecule has 1 heterocycles. The minimum absolute atomic E-state index is 0.0142. The summed E-state index contributed by atoms with van der Waals surface area (Å²) in [5.74, 6) is 0.830. The topological polar surface area (TPSA) is 38.3 Å². The number of methoxy groups -OCH3 is 1. The van der Waals surface area contributed by atoms with E-state index in [9.17, 15) is 4.79 Å². The van der Waals surface area contributed by atoms with Crippen molar-refractivity contribution in [3.63, 3.8) is 0 Å². The van der Waals surface area contributed by atoms with Gasteiger partial charge in [-0.1, -0.05) is 24.3 Å². The third kappa shape index (κ3) is 4.24. The lowest BCUT2D eigenvalue weighted by Crippen LogP contribution is -2.12. The molecule has 2 aromatic carbocycles. The van der Waals surface area contributed by atoms with Gasteiger partial charge in [0.05, 0.1) is 7.11 Å². The average molecular weight is 337 g/mol. The van der Waals surface area contributed by atoms with Gasteiger partial charge in [-0.3, -0.25) is 4.79 Å². The second kappa shape index (κ2) is 7.79. The highest BCUT2D eigenvalue weighted by Crippen LogP contribution is 2.24. The summed E-state index contributed by atoms with van der Waals surface area (Å²) in [5, 5.41) is 7.13. The van der Waals surface area contributed by atoms with Crippen LogP contribution < -0.4 is 10.1 Å². The number of hydrogen-bond acceptors (Lipinski definition) is 3. The van der Waals surface area contributed by atoms with Crippen LogP contribution in [0.4, 0.5) is 5.69 Å². The van der Waals surface area contributed by atoms with Crippen LogP contribution in [-0.4, -0.2) is 13.0 Å². The van der Waals surface area contributed by atoms with Crippen molar-refractivity contribution in [3.05, 3.63) is 70.9 Å². The molecule has 0 atom stereocenters. The first-order valence-corrected chi connectivity index (χ1v) is 8.74. The molecule has 1 amide bonds. The van der Waals surface area contributed by atoms with Crippen LogP contribution in [0.5, 0.6) is 5.75 Å². The van der Waals surface area contributed by atoms with Gasteiger partial charge in [0.1, 0.15) is 5.75 Å². The van der Waals surface area contributed by atoms with Crippen LogP contribution in [0.1, 0.15) is 12.0 Å². The van der Waals surface area contributed by atoms with Crippen molar-refractivity contribution in [3.8, 4) is 16.9 Å². The Balaban J connectivity index is 1.59. The number of benzene rings is 2. The second-order valence-electron chi connectivity index (χ2n) is 5.49. The van der Waals surface area contributed by atoms with Crippen molar-refractivity contribution in [2.45, 2.75) is 12.8 Å². The van der Waals surface area contributed by atoms with Crippen LogP contribution in [0, 0.1) is 0 Å². The molecule has 122 valence electrons. The van der Waals surface area contributed by atoms with Gasteiger partial charge in [0, 0.05) is 12.1 Å². The van der Waals surface area contributed by atoms with Gasteiger partial charge in [0.25, 0.3) is 0 Å². The average Bonchev–Trinajstić information content (AvgIpc) is 3.15. The first-order valence-electron chi connectivity index (χ1n) is 7.80. The Bertz CT molecular complexity index is 812. The fraction of sp³-hybridized carbons (Fsp3) is 0.150. The molecular formula is C20H19NO2S. The van der Waals surface area contributed by atoms with Crippen LogP contribution in [0.2, 0.25) is 0 Å². The number of ether oxygens (including phenoxy) is 1. The molecule has 0 spiro atoms. The summed E-state index contributed by atoms with van der Waals surface area (Å²) in [4.78, 5) is 12.2. The monoisotopic (exact) mass is 337 g/mol. The van der Waals surface area contributed by atoms with E-state index in [1.807, 2.05) is 48.5 Å². The maximum atomic E-state index is 12.2. The number of thiophene rings is 1. The van der Waals surface area contributed by atoms with Crippen molar-refractivity contribution >= 4 is 22.9 Å². The minimum atomic E-state index is 0.0142. The first-order chi connectivity index (χ1) is 11.7. The van der Waals surface area contributed by atoms with Gasteiger partial charge in [-0.2, -0.15) is 11.3 Å². The standard InChI is InChI=1S/C20H19NO2S/c1-23-19-7-2-4-15(12-19)8-9-20(22)21-18-6-3-5-16(13-18)17-10-11-24-14-17/h2-7,10-14H,8-9H2,1H3,(H,21,22). The van der Waals surface area contributed by atoms with Crippen molar-refractivity contribution < 1.29 is 9.53 Å². The van der Waals surface area contributed by atoms with Crippen LogP contribution >= 0.6 is 11.3 Å². The third-order valence-corrected chi connectivity index (χ3v) is 4.46. The van der Waals surface area contributed by atoms with Gasteiger partial charge >= 0.3 is 0 Å². The van der Waals surface area contributed by atoms with Crippen molar-refractivity contribution in [2.24, 2.45) is 0 Å². The zero-order chi connectivity index (χ0) is 16.8. The molecular weight excluding hydrogens is 318 g/mol. The molecule has 0 fully saturated rings. The number of amides is 1. The molecule has 0 aliphatic rings. The van der Waals surface area contributed by atoms with Gasteiger partial charge in [0.15, 0.2) is 0 Å². The Kier molecular flexibility index (Phi) is 5.29. The number of rotatable bonds is 6. The lowest BCUT2D eigenvalue weighted by Gasteiger charge is -2.08. The van der Waals surface area contributed by atoms with Gasteiger partial charge in [0.2, 0.25) is 5.91 Å². The molecule has 4 heteroatoms. The molecule has 1 aromatic heterocycles. The molecule has 3 nitrogen and oxygen atoms in total. The Morgan fingerprint density at radius 3 is 2.75 bits per heavy atom. The highest BCUT2D eigenvalue weighted by atomic mass is 32.1. The van der Waals surface area contributed by atoms with Crippen LogP contribution in [0.15, 0.2) is 65.4 Å². The van der Waals surface area contributed by atoms with Crippen molar-refractivity contribution in [1.82, 2.24) is 0 Å². The zero-order valence-corrected chi connectivity index (χ0v) is 14.3. The van der Waals surface area contributed by atoms with Crippen LogP contribution in [0.3, 0.4) is 0 Å². The molecule has 3 aromatic rings. The van der Waals surface area contributed by atoms with Gasteiger partial charge in [-0.25, -0.2) is 0 Å². The van der Waals surface area contributed by atoms with Gasteiger partial charge in [-0.05, 0) is 64.2 Å². The fourth-order valence-corrected chi connectivity index (χ4v) is 3.18. The predicted molar refractivity (Wildman–Crippen MR) is 99.7 cm³/mol. The van der Waals surface area contributed by atoms with E-state index < -0.39 is 0 Å². The SMILES string of the molecule is COc1cccc(CCC(=O)Nc2cccc(-c3ccsc3)c2)c1. The molecule has 0 saturated heterocycles. The van der Waals surface area contributed by atoms with Gasteiger partial charge in [-0.15, -0.1) is 0 Å². The number of nitrogens with one attached hydrogen (secondary N) is 1. The number of carbonyl (C=O) groups excluding carboxylic acids is 1. The molecule has 0 radical (unpaired) electrons. The second-order valence-corrected chi connectivity index (χ2v) is 6.27. The maximum Gasteiger partial charge on any atom is 0.224 e. The molecule has 0 saturated carbocycles. The quantitative estimate of drug-likeness (QED) is 0.688. The Morgan fingerprint density at radius 1 is 1.08 bits per heavy atom. The van der Waals surface area contributed by atoms with E-state index in [2.05, 4.69) is 22.1 Å². The van der Waals surface area contributed by atoms with Crippen LogP contribution in [0.25, 0.3) is 11.1 Å². The summed E-state index contributed by atoms with van der Waals surface area (Å²) in [6.45, 7) is 0. The first kappa shape index (κ1) is 16.3. The summed E-state index contributed by atoms with van der Waals surface area (Å²) in [7, 11) is 1.65. The lowest BCUT2D eigenvalue weighted by molar-refractivity contribution is -0.116. The molecule has 3 rings (SSSR count). The molecule has 0 bridgehead atoms. The summed E-state index contributed by atoms with van der Waals surface area (Å²) < 4.78 is 5.21. The van der Waals surface area contributed by atoms with Gasteiger partial charge < -0.3 is 10.1 Å². The van der Waals surface area contributed by atoms with E-state index in [1.54, 1.807) is 18.4 Å². The predicted octanol–water partition coefficient (Wildman–Crippen LogP) is 5.00. The number of aryl methyl sites for hydroxylation is 1. The van der Waals surface area contributed by atoms with E-state index in [-0.39, 0.29) is 5.91 Å².